The van der Waals surface area contributed by atoms with Crippen LogP contribution in [0.3, 0.4) is 0 Å². The Morgan fingerprint density at radius 1 is 1.45 bits per heavy atom. The zero-order valence-corrected chi connectivity index (χ0v) is 13.5. The Kier molecular flexibility index (Phi) is 4.17. The number of nitrogens with zero attached hydrogens (tertiary/aromatic N) is 2. The highest BCUT2D eigenvalue weighted by Gasteiger charge is 2.29. The van der Waals surface area contributed by atoms with Gasteiger partial charge in [-0.1, -0.05) is 6.42 Å². The second-order valence-corrected chi connectivity index (χ2v) is 6.93. The van der Waals surface area contributed by atoms with Crippen LogP contribution in [0.15, 0.2) is 16.7 Å². The van der Waals surface area contributed by atoms with E-state index in [4.69, 9.17) is 0 Å². The van der Waals surface area contributed by atoms with Crippen LogP contribution in [0.4, 0.5) is 0 Å². The first-order valence-electron chi connectivity index (χ1n) is 7.51. The monoisotopic (exact) mass is 339 g/mol. The van der Waals surface area contributed by atoms with E-state index in [2.05, 4.69) is 25.8 Å². The Morgan fingerprint density at radius 3 is 2.90 bits per heavy atom. The molecule has 0 bridgehead atoms. The number of amides is 1. The van der Waals surface area contributed by atoms with Gasteiger partial charge in [-0.25, -0.2) is 0 Å². The zero-order valence-electron chi connectivity index (χ0n) is 11.9. The van der Waals surface area contributed by atoms with Gasteiger partial charge in [0.1, 0.15) is 5.69 Å². The molecular weight excluding hydrogens is 318 g/mol. The van der Waals surface area contributed by atoms with Crippen molar-refractivity contribution in [1.82, 2.24) is 14.8 Å². The summed E-state index contributed by atoms with van der Waals surface area (Å²) in [5.41, 5.74) is 0.817. The lowest BCUT2D eigenvalue weighted by molar-refractivity contribution is 0.0764. The molecule has 2 fully saturated rings. The number of hydrogen-bond acceptors (Lipinski definition) is 2. The van der Waals surface area contributed by atoms with Crippen LogP contribution in [0.2, 0.25) is 0 Å². The van der Waals surface area contributed by atoms with Crippen LogP contribution in [0, 0.1) is 0 Å². The maximum Gasteiger partial charge on any atom is 0.270 e. The van der Waals surface area contributed by atoms with Gasteiger partial charge in [0, 0.05) is 36.3 Å². The second-order valence-electron chi connectivity index (χ2n) is 6.01. The highest BCUT2D eigenvalue weighted by atomic mass is 79.9. The molecule has 1 amide bonds. The molecule has 2 heterocycles. The van der Waals surface area contributed by atoms with E-state index in [1.54, 1.807) is 0 Å². The quantitative estimate of drug-likeness (QED) is 0.915. The number of piperidine rings is 1. The van der Waals surface area contributed by atoms with Crippen molar-refractivity contribution in [1.29, 1.82) is 0 Å². The third-order valence-corrected chi connectivity index (χ3v) is 4.66. The van der Waals surface area contributed by atoms with Crippen LogP contribution in [0.25, 0.3) is 0 Å². The number of rotatable bonds is 4. The minimum Gasteiger partial charge on any atom is -0.339 e. The summed E-state index contributed by atoms with van der Waals surface area (Å²) < 4.78 is 3.13. The van der Waals surface area contributed by atoms with Crippen LogP contribution in [-0.2, 0) is 0 Å². The van der Waals surface area contributed by atoms with Gasteiger partial charge in [0.15, 0.2) is 0 Å². The van der Waals surface area contributed by atoms with E-state index in [-0.39, 0.29) is 5.91 Å². The van der Waals surface area contributed by atoms with Crippen molar-refractivity contribution in [3.8, 4) is 0 Å². The van der Waals surface area contributed by atoms with Gasteiger partial charge >= 0.3 is 0 Å². The highest BCUT2D eigenvalue weighted by Crippen LogP contribution is 2.37. The first-order valence-corrected chi connectivity index (χ1v) is 8.30. The molecule has 1 aliphatic heterocycles. The number of halogens is 1. The summed E-state index contributed by atoms with van der Waals surface area (Å²) in [6, 6.07) is 2.93. The average molecular weight is 340 g/mol. The van der Waals surface area contributed by atoms with E-state index in [1.165, 1.54) is 32.1 Å². The Balaban J connectivity index is 1.68. The van der Waals surface area contributed by atoms with Crippen molar-refractivity contribution >= 4 is 21.8 Å². The van der Waals surface area contributed by atoms with Gasteiger partial charge in [0.05, 0.1) is 0 Å². The molecule has 1 aromatic heterocycles. The lowest BCUT2D eigenvalue weighted by Crippen LogP contribution is -2.44. The first-order chi connectivity index (χ1) is 9.65. The predicted molar refractivity (Wildman–Crippen MR) is 83.0 cm³/mol. The van der Waals surface area contributed by atoms with E-state index in [1.807, 2.05) is 24.2 Å². The second kappa shape index (κ2) is 5.90. The van der Waals surface area contributed by atoms with Crippen molar-refractivity contribution in [3.05, 3.63) is 22.4 Å². The molecule has 3 rings (SSSR count). The molecule has 110 valence electrons. The molecule has 2 aliphatic rings. The number of hydrogen-bond donors (Lipinski definition) is 1. The van der Waals surface area contributed by atoms with Crippen molar-refractivity contribution in [2.75, 3.05) is 20.1 Å². The summed E-state index contributed by atoms with van der Waals surface area (Å²) in [5, 5.41) is 3.50. The third-order valence-electron chi connectivity index (χ3n) is 4.23. The third kappa shape index (κ3) is 3.09. The Labute approximate surface area is 128 Å². The number of aromatic nitrogens is 1. The van der Waals surface area contributed by atoms with E-state index in [0.717, 1.165) is 23.3 Å². The SMILES string of the molecule is CN(CC1CCCCN1)C(=O)c1cc(Br)cn1C1CC1. The van der Waals surface area contributed by atoms with Gasteiger partial charge in [-0.3, -0.25) is 4.79 Å². The van der Waals surface area contributed by atoms with Gasteiger partial charge in [0.25, 0.3) is 5.91 Å². The molecular formula is C15H22BrN3O. The summed E-state index contributed by atoms with van der Waals surface area (Å²) in [7, 11) is 1.91. The number of likely N-dealkylation sites (N-methyl/N-ethyl adjacent to an activating group) is 1. The van der Waals surface area contributed by atoms with Gasteiger partial charge in [-0.2, -0.15) is 0 Å². The summed E-state index contributed by atoms with van der Waals surface area (Å²) in [4.78, 5) is 14.5. The maximum atomic E-state index is 12.6. The molecule has 1 atom stereocenters. The van der Waals surface area contributed by atoms with Crippen molar-refractivity contribution in [2.45, 2.75) is 44.2 Å². The molecule has 1 N–H and O–H groups in total. The average Bonchev–Trinajstić information content (AvgIpc) is 3.22. The molecule has 1 saturated carbocycles. The number of carbonyl (C=O) groups is 1. The largest absolute Gasteiger partial charge is 0.339 e. The highest BCUT2D eigenvalue weighted by molar-refractivity contribution is 9.10. The van der Waals surface area contributed by atoms with Crippen molar-refractivity contribution in [2.24, 2.45) is 0 Å². The molecule has 5 heteroatoms. The fraction of sp³-hybridized carbons (Fsp3) is 0.667. The number of nitrogens with one attached hydrogen (secondary N) is 1. The van der Waals surface area contributed by atoms with Crippen LogP contribution >= 0.6 is 15.9 Å². The molecule has 0 aromatic carbocycles. The van der Waals surface area contributed by atoms with Crippen molar-refractivity contribution in [3.63, 3.8) is 0 Å². The standard InChI is InChI=1S/C15H22BrN3O/c1-18(10-12-4-2-3-7-17-12)15(20)14-8-11(16)9-19(14)13-5-6-13/h8-9,12-13,17H,2-7,10H2,1H3. The lowest BCUT2D eigenvalue weighted by atomic mass is 10.0. The van der Waals surface area contributed by atoms with E-state index >= 15 is 0 Å². The molecule has 0 radical (unpaired) electrons. The summed E-state index contributed by atoms with van der Waals surface area (Å²) >= 11 is 3.49. The Morgan fingerprint density at radius 2 is 2.25 bits per heavy atom. The maximum absolute atomic E-state index is 12.6. The van der Waals surface area contributed by atoms with Crippen LogP contribution in [0.5, 0.6) is 0 Å². The first kappa shape index (κ1) is 14.1. The van der Waals surface area contributed by atoms with Crippen molar-refractivity contribution < 1.29 is 4.79 Å². The van der Waals surface area contributed by atoms with Crippen LogP contribution in [-0.4, -0.2) is 41.6 Å². The Bertz CT molecular complexity index is 489. The van der Waals surface area contributed by atoms with E-state index in [0.29, 0.717) is 12.1 Å². The number of carbonyl (C=O) groups excluding carboxylic acids is 1. The fourth-order valence-corrected chi connectivity index (χ4v) is 3.40. The lowest BCUT2D eigenvalue weighted by Gasteiger charge is -2.28. The molecule has 0 spiro atoms. The zero-order chi connectivity index (χ0) is 14.1. The van der Waals surface area contributed by atoms with E-state index in [9.17, 15) is 4.79 Å². The smallest absolute Gasteiger partial charge is 0.270 e. The molecule has 1 unspecified atom stereocenters. The van der Waals surface area contributed by atoms with Gasteiger partial charge < -0.3 is 14.8 Å². The molecule has 4 nitrogen and oxygen atoms in total. The minimum atomic E-state index is 0.134. The molecule has 1 aliphatic carbocycles. The normalized spacial score (nSPS) is 22.8. The van der Waals surface area contributed by atoms with Gasteiger partial charge in [-0.15, -0.1) is 0 Å². The summed E-state index contributed by atoms with van der Waals surface area (Å²) in [6.45, 7) is 1.88. The van der Waals surface area contributed by atoms with Crippen LogP contribution in [0.1, 0.15) is 48.6 Å². The summed E-state index contributed by atoms with van der Waals surface area (Å²) in [5.74, 6) is 0.134. The predicted octanol–water partition coefficient (Wildman–Crippen LogP) is 2.80. The molecule has 1 aromatic rings. The van der Waals surface area contributed by atoms with Gasteiger partial charge in [0.2, 0.25) is 0 Å². The fourth-order valence-electron chi connectivity index (χ4n) is 2.96. The summed E-state index contributed by atoms with van der Waals surface area (Å²) in [6.07, 6.45) is 8.11. The topological polar surface area (TPSA) is 37.3 Å². The molecule has 20 heavy (non-hydrogen) atoms. The Hall–Kier alpha value is -0.810. The minimum absolute atomic E-state index is 0.134. The van der Waals surface area contributed by atoms with Crippen LogP contribution < -0.4 is 5.32 Å². The van der Waals surface area contributed by atoms with Gasteiger partial charge in [-0.05, 0) is 54.2 Å². The molecule has 1 saturated heterocycles. The van der Waals surface area contributed by atoms with E-state index < -0.39 is 0 Å².